The van der Waals surface area contributed by atoms with Gasteiger partial charge in [0.25, 0.3) is 0 Å². The highest BCUT2D eigenvalue weighted by molar-refractivity contribution is 5.76. The lowest BCUT2D eigenvalue weighted by Gasteiger charge is -2.33. The van der Waals surface area contributed by atoms with Crippen LogP contribution >= 0.6 is 0 Å². The monoisotopic (exact) mass is 330 g/mol. The molecule has 0 radical (unpaired) electrons. The van der Waals surface area contributed by atoms with Gasteiger partial charge >= 0.3 is 0 Å². The maximum absolute atomic E-state index is 12.4. The number of rotatable bonds is 6. The molecule has 1 unspecified atom stereocenters. The van der Waals surface area contributed by atoms with Gasteiger partial charge in [-0.3, -0.25) is 4.79 Å². The summed E-state index contributed by atoms with van der Waals surface area (Å²) in [4.78, 5) is 14.4. The SMILES string of the molecule is O=C(CC1CNCCO1)N1CCC(CCCc2ccccc2)CC1. The summed E-state index contributed by atoms with van der Waals surface area (Å²) in [5.41, 5.74) is 1.44. The second-order valence-corrected chi connectivity index (χ2v) is 7.10. The third kappa shape index (κ3) is 5.32. The van der Waals surface area contributed by atoms with Crippen molar-refractivity contribution in [1.29, 1.82) is 0 Å². The van der Waals surface area contributed by atoms with Crippen LogP contribution in [-0.2, 0) is 16.0 Å². The maximum atomic E-state index is 12.4. The molecule has 3 rings (SSSR count). The lowest BCUT2D eigenvalue weighted by molar-refractivity contribution is -0.136. The highest BCUT2D eigenvalue weighted by Crippen LogP contribution is 2.23. The Labute approximate surface area is 145 Å². The van der Waals surface area contributed by atoms with Gasteiger partial charge in [-0.1, -0.05) is 30.3 Å². The average Bonchev–Trinajstić information content (AvgIpc) is 2.64. The molecule has 2 heterocycles. The standard InChI is InChI=1S/C20H30N2O2/c23-20(15-19-16-21-11-14-24-19)22-12-9-18(10-13-22)8-4-7-17-5-2-1-3-6-17/h1-3,5-6,18-19,21H,4,7-16H2. The fourth-order valence-corrected chi connectivity index (χ4v) is 3.79. The van der Waals surface area contributed by atoms with Gasteiger partial charge in [-0.2, -0.15) is 0 Å². The molecule has 0 aliphatic carbocycles. The average molecular weight is 330 g/mol. The van der Waals surface area contributed by atoms with E-state index in [-0.39, 0.29) is 12.0 Å². The second kappa shape index (κ2) is 9.19. The largest absolute Gasteiger partial charge is 0.375 e. The van der Waals surface area contributed by atoms with E-state index in [4.69, 9.17) is 4.74 Å². The molecule has 4 heteroatoms. The first kappa shape index (κ1) is 17.4. The number of likely N-dealkylation sites (tertiary alicyclic amines) is 1. The fourth-order valence-electron chi connectivity index (χ4n) is 3.79. The number of carbonyl (C=O) groups excluding carboxylic acids is 1. The summed E-state index contributed by atoms with van der Waals surface area (Å²) >= 11 is 0. The van der Waals surface area contributed by atoms with Crippen LogP contribution in [0.2, 0.25) is 0 Å². The van der Waals surface area contributed by atoms with Gasteiger partial charge in [-0.05, 0) is 43.6 Å². The van der Waals surface area contributed by atoms with E-state index in [2.05, 4.69) is 35.6 Å². The van der Waals surface area contributed by atoms with E-state index in [1.54, 1.807) is 0 Å². The Balaban J connectivity index is 1.32. The molecule has 0 aromatic heterocycles. The zero-order valence-corrected chi connectivity index (χ0v) is 14.6. The van der Waals surface area contributed by atoms with Gasteiger partial charge in [0.15, 0.2) is 0 Å². The second-order valence-electron chi connectivity index (χ2n) is 7.10. The maximum Gasteiger partial charge on any atom is 0.225 e. The van der Waals surface area contributed by atoms with Crippen LogP contribution in [0.25, 0.3) is 0 Å². The molecule has 2 fully saturated rings. The van der Waals surface area contributed by atoms with Crippen molar-refractivity contribution in [3.63, 3.8) is 0 Å². The summed E-state index contributed by atoms with van der Waals surface area (Å²) in [6.07, 6.45) is 6.62. The van der Waals surface area contributed by atoms with Crippen molar-refractivity contribution in [3.05, 3.63) is 35.9 Å². The van der Waals surface area contributed by atoms with E-state index in [1.165, 1.54) is 24.8 Å². The molecule has 1 aromatic rings. The van der Waals surface area contributed by atoms with E-state index in [0.29, 0.717) is 6.42 Å². The molecule has 1 aromatic carbocycles. The zero-order valence-electron chi connectivity index (χ0n) is 14.6. The smallest absolute Gasteiger partial charge is 0.225 e. The number of ether oxygens (including phenoxy) is 1. The van der Waals surface area contributed by atoms with Crippen LogP contribution in [0.5, 0.6) is 0 Å². The van der Waals surface area contributed by atoms with Gasteiger partial charge in [0.1, 0.15) is 0 Å². The minimum atomic E-state index is 0.0647. The number of hydrogen-bond acceptors (Lipinski definition) is 3. The van der Waals surface area contributed by atoms with E-state index in [0.717, 1.165) is 51.5 Å². The summed E-state index contributed by atoms with van der Waals surface area (Å²) in [6.45, 7) is 4.28. The Morgan fingerprint density at radius 1 is 1.21 bits per heavy atom. The molecule has 2 saturated heterocycles. The van der Waals surface area contributed by atoms with Crippen LogP contribution in [0.4, 0.5) is 0 Å². The van der Waals surface area contributed by atoms with E-state index < -0.39 is 0 Å². The van der Waals surface area contributed by atoms with Crippen molar-refractivity contribution in [2.75, 3.05) is 32.8 Å². The van der Waals surface area contributed by atoms with Crippen molar-refractivity contribution in [2.45, 2.75) is 44.6 Å². The minimum absolute atomic E-state index is 0.0647. The highest BCUT2D eigenvalue weighted by atomic mass is 16.5. The normalized spacial score (nSPS) is 22.5. The first-order chi connectivity index (χ1) is 11.8. The molecule has 24 heavy (non-hydrogen) atoms. The number of nitrogens with one attached hydrogen (secondary N) is 1. The Morgan fingerprint density at radius 2 is 2.00 bits per heavy atom. The zero-order chi connectivity index (χ0) is 16.6. The summed E-state index contributed by atoms with van der Waals surface area (Å²) in [6, 6.07) is 10.7. The number of amides is 1. The lowest BCUT2D eigenvalue weighted by atomic mass is 9.90. The third-order valence-electron chi connectivity index (χ3n) is 5.29. The lowest BCUT2D eigenvalue weighted by Crippen LogP contribution is -2.44. The number of hydrogen-bond donors (Lipinski definition) is 1. The molecule has 132 valence electrons. The van der Waals surface area contributed by atoms with Gasteiger partial charge < -0.3 is 15.0 Å². The van der Waals surface area contributed by atoms with Crippen LogP contribution in [-0.4, -0.2) is 49.7 Å². The topological polar surface area (TPSA) is 41.6 Å². The predicted octanol–water partition coefficient (Wildman–Crippen LogP) is 2.63. The molecule has 0 spiro atoms. The van der Waals surface area contributed by atoms with Crippen molar-refractivity contribution in [2.24, 2.45) is 5.92 Å². The molecule has 1 atom stereocenters. The van der Waals surface area contributed by atoms with E-state index in [9.17, 15) is 4.79 Å². The molecular formula is C20H30N2O2. The van der Waals surface area contributed by atoms with Crippen molar-refractivity contribution in [1.82, 2.24) is 10.2 Å². The molecule has 2 aliphatic heterocycles. The van der Waals surface area contributed by atoms with Gasteiger partial charge in [0, 0.05) is 26.2 Å². The van der Waals surface area contributed by atoms with Gasteiger partial charge in [0.2, 0.25) is 5.91 Å². The fraction of sp³-hybridized carbons (Fsp3) is 0.650. The first-order valence-electron chi connectivity index (χ1n) is 9.45. The number of benzene rings is 1. The number of carbonyl (C=O) groups is 1. The minimum Gasteiger partial charge on any atom is -0.375 e. The van der Waals surface area contributed by atoms with Crippen LogP contribution in [0.1, 0.15) is 37.7 Å². The summed E-state index contributed by atoms with van der Waals surface area (Å²) in [5.74, 6) is 1.05. The molecular weight excluding hydrogens is 300 g/mol. The van der Waals surface area contributed by atoms with Gasteiger partial charge in [0.05, 0.1) is 19.1 Å². The Bertz CT molecular complexity index is 492. The van der Waals surface area contributed by atoms with Crippen LogP contribution < -0.4 is 5.32 Å². The Hall–Kier alpha value is -1.39. The predicted molar refractivity (Wildman–Crippen MR) is 95.9 cm³/mol. The van der Waals surface area contributed by atoms with Crippen molar-refractivity contribution in [3.8, 4) is 0 Å². The van der Waals surface area contributed by atoms with Crippen LogP contribution in [0, 0.1) is 5.92 Å². The number of nitrogens with zero attached hydrogens (tertiary/aromatic N) is 1. The number of aryl methyl sites for hydroxylation is 1. The number of morpholine rings is 1. The highest BCUT2D eigenvalue weighted by Gasteiger charge is 2.25. The van der Waals surface area contributed by atoms with Crippen LogP contribution in [0.15, 0.2) is 30.3 Å². The first-order valence-corrected chi connectivity index (χ1v) is 9.45. The van der Waals surface area contributed by atoms with Crippen molar-refractivity contribution < 1.29 is 9.53 Å². The Kier molecular flexibility index (Phi) is 6.67. The van der Waals surface area contributed by atoms with E-state index >= 15 is 0 Å². The quantitative estimate of drug-likeness (QED) is 0.872. The molecule has 1 amide bonds. The molecule has 2 aliphatic rings. The summed E-state index contributed by atoms with van der Waals surface area (Å²) in [7, 11) is 0. The van der Waals surface area contributed by atoms with Gasteiger partial charge in [-0.15, -0.1) is 0 Å². The van der Waals surface area contributed by atoms with Crippen LogP contribution in [0.3, 0.4) is 0 Å². The Morgan fingerprint density at radius 3 is 2.71 bits per heavy atom. The van der Waals surface area contributed by atoms with Gasteiger partial charge in [-0.25, -0.2) is 0 Å². The summed E-state index contributed by atoms with van der Waals surface area (Å²) < 4.78 is 5.65. The molecule has 0 saturated carbocycles. The van der Waals surface area contributed by atoms with Crippen molar-refractivity contribution >= 4 is 5.91 Å². The van der Waals surface area contributed by atoms with E-state index in [1.807, 2.05) is 4.90 Å². The summed E-state index contributed by atoms with van der Waals surface area (Å²) in [5, 5.41) is 3.29. The molecule has 1 N–H and O–H groups in total. The molecule has 4 nitrogen and oxygen atoms in total. The molecule has 0 bridgehead atoms. The number of piperidine rings is 1. The third-order valence-corrected chi connectivity index (χ3v) is 5.29.